The summed E-state index contributed by atoms with van der Waals surface area (Å²) in [4.78, 5) is 11.5. The van der Waals surface area contributed by atoms with Crippen LogP contribution in [0.5, 0.6) is 0 Å². The highest BCUT2D eigenvalue weighted by molar-refractivity contribution is 9.11. The maximum Gasteiger partial charge on any atom is 0.241 e. The largest absolute Gasteiger partial charge is 0.356 e. The third-order valence-corrected chi connectivity index (χ3v) is 5.33. The lowest BCUT2D eigenvalue weighted by Crippen LogP contribution is -2.31. The van der Waals surface area contributed by atoms with Gasteiger partial charge in [0.05, 0.1) is 4.90 Å². The molecule has 0 aliphatic heterocycles. The molecular weight excluding hydrogens is 412 g/mol. The van der Waals surface area contributed by atoms with Crippen LogP contribution in [0, 0.1) is 0 Å². The Morgan fingerprint density at radius 2 is 1.95 bits per heavy atom. The van der Waals surface area contributed by atoms with Crippen molar-refractivity contribution < 1.29 is 13.2 Å². The van der Waals surface area contributed by atoms with Crippen LogP contribution in [-0.4, -0.2) is 27.4 Å². The molecule has 112 valence electrons. The lowest BCUT2D eigenvalue weighted by atomic mass is 10.4. The van der Waals surface area contributed by atoms with Gasteiger partial charge in [0.2, 0.25) is 15.9 Å². The Kier molecular flexibility index (Phi) is 7.14. The maximum absolute atomic E-state index is 12.1. The molecule has 0 heterocycles. The van der Waals surface area contributed by atoms with E-state index in [0.717, 1.165) is 10.9 Å². The maximum atomic E-state index is 12.1. The first kappa shape index (κ1) is 17.6. The zero-order chi connectivity index (χ0) is 15.2. The van der Waals surface area contributed by atoms with Crippen molar-refractivity contribution in [1.82, 2.24) is 10.0 Å². The highest BCUT2D eigenvalue weighted by Gasteiger charge is 2.17. The van der Waals surface area contributed by atoms with E-state index in [4.69, 9.17) is 0 Å². The number of rotatable bonds is 7. The molecule has 0 unspecified atom stereocenters. The van der Waals surface area contributed by atoms with E-state index in [2.05, 4.69) is 41.9 Å². The number of carbonyl (C=O) groups is 1. The summed E-state index contributed by atoms with van der Waals surface area (Å²) < 4.78 is 27.8. The van der Waals surface area contributed by atoms with Crippen molar-refractivity contribution in [3.63, 3.8) is 0 Å². The van der Waals surface area contributed by atoms with Gasteiger partial charge in [0.15, 0.2) is 0 Å². The van der Waals surface area contributed by atoms with Crippen LogP contribution in [0.2, 0.25) is 0 Å². The fraction of sp³-hybridized carbons (Fsp3) is 0.417. The van der Waals surface area contributed by atoms with Gasteiger partial charge in [0.25, 0.3) is 0 Å². The first-order valence-electron chi connectivity index (χ1n) is 6.08. The molecule has 0 atom stereocenters. The molecule has 0 saturated carbocycles. The van der Waals surface area contributed by atoms with Crippen LogP contribution in [0.1, 0.15) is 19.8 Å². The first-order valence-corrected chi connectivity index (χ1v) is 9.15. The lowest BCUT2D eigenvalue weighted by Gasteiger charge is -2.09. The molecule has 0 aliphatic rings. The van der Waals surface area contributed by atoms with Gasteiger partial charge < -0.3 is 5.32 Å². The van der Waals surface area contributed by atoms with E-state index in [1.165, 1.54) is 6.07 Å². The topological polar surface area (TPSA) is 75.3 Å². The molecule has 0 radical (unpaired) electrons. The smallest absolute Gasteiger partial charge is 0.241 e. The number of halogens is 2. The molecule has 1 rings (SSSR count). The summed E-state index contributed by atoms with van der Waals surface area (Å²) in [6.45, 7) is 2.62. The molecule has 0 aromatic heterocycles. The summed E-state index contributed by atoms with van der Waals surface area (Å²) in [6, 6.07) is 4.80. The van der Waals surface area contributed by atoms with Crippen molar-refractivity contribution in [3.05, 3.63) is 27.1 Å². The molecule has 0 spiro atoms. The van der Waals surface area contributed by atoms with E-state index in [-0.39, 0.29) is 23.8 Å². The minimum Gasteiger partial charge on any atom is -0.356 e. The second kappa shape index (κ2) is 8.11. The molecule has 1 aromatic rings. The molecule has 2 N–H and O–H groups in total. The minimum atomic E-state index is -3.62. The molecule has 0 saturated heterocycles. The molecular formula is C12H16Br2N2O3S. The number of sulfonamides is 1. The van der Waals surface area contributed by atoms with Crippen molar-refractivity contribution in [2.75, 3.05) is 13.1 Å². The number of nitrogens with one attached hydrogen (secondary N) is 2. The van der Waals surface area contributed by atoms with Gasteiger partial charge in [-0.2, -0.15) is 0 Å². The molecule has 1 aromatic carbocycles. The van der Waals surface area contributed by atoms with Crippen molar-refractivity contribution in [3.8, 4) is 0 Å². The number of amides is 1. The molecule has 0 aliphatic carbocycles. The molecule has 5 nitrogen and oxygen atoms in total. The van der Waals surface area contributed by atoms with E-state index < -0.39 is 10.0 Å². The lowest BCUT2D eigenvalue weighted by molar-refractivity contribution is -0.120. The van der Waals surface area contributed by atoms with Crippen molar-refractivity contribution in [2.45, 2.75) is 24.7 Å². The van der Waals surface area contributed by atoms with E-state index >= 15 is 0 Å². The number of hydrogen-bond acceptors (Lipinski definition) is 3. The van der Waals surface area contributed by atoms with Gasteiger partial charge in [-0.3, -0.25) is 4.79 Å². The van der Waals surface area contributed by atoms with Crippen LogP contribution in [0.25, 0.3) is 0 Å². The van der Waals surface area contributed by atoms with Gasteiger partial charge in [0.1, 0.15) is 0 Å². The molecule has 20 heavy (non-hydrogen) atoms. The van der Waals surface area contributed by atoms with Crippen LogP contribution < -0.4 is 10.0 Å². The van der Waals surface area contributed by atoms with Gasteiger partial charge in [-0.1, -0.05) is 22.9 Å². The van der Waals surface area contributed by atoms with E-state index in [1.54, 1.807) is 12.1 Å². The fourth-order valence-corrected chi connectivity index (χ4v) is 4.20. The summed E-state index contributed by atoms with van der Waals surface area (Å²) in [7, 11) is -3.62. The Hall–Kier alpha value is -0.440. The van der Waals surface area contributed by atoms with E-state index in [9.17, 15) is 13.2 Å². The third kappa shape index (κ3) is 5.51. The van der Waals surface area contributed by atoms with Crippen LogP contribution in [-0.2, 0) is 14.8 Å². The summed E-state index contributed by atoms with van der Waals surface area (Å²) in [5.41, 5.74) is 0. The zero-order valence-electron chi connectivity index (χ0n) is 10.9. The average Bonchev–Trinajstić information content (AvgIpc) is 2.35. The predicted octanol–water partition coefficient (Wildman–Crippen LogP) is 2.41. The first-order chi connectivity index (χ1) is 9.36. The van der Waals surface area contributed by atoms with E-state index in [0.29, 0.717) is 11.0 Å². The highest BCUT2D eigenvalue weighted by Crippen LogP contribution is 2.25. The second-order valence-electron chi connectivity index (χ2n) is 4.07. The van der Waals surface area contributed by atoms with Crippen molar-refractivity contribution in [2.24, 2.45) is 0 Å². The highest BCUT2D eigenvalue weighted by atomic mass is 79.9. The second-order valence-corrected chi connectivity index (χ2v) is 7.58. The van der Waals surface area contributed by atoms with Crippen LogP contribution >= 0.6 is 31.9 Å². The average molecular weight is 428 g/mol. The van der Waals surface area contributed by atoms with Gasteiger partial charge >= 0.3 is 0 Å². The number of hydrogen-bond donors (Lipinski definition) is 2. The van der Waals surface area contributed by atoms with Gasteiger partial charge in [0, 0.05) is 28.5 Å². The summed E-state index contributed by atoms with van der Waals surface area (Å²) >= 11 is 6.47. The summed E-state index contributed by atoms with van der Waals surface area (Å²) in [6.07, 6.45) is 0.969. The van der Waals surface area contributed by atoms with Crippen LogP contribution in [0.15, 0.2) is 32.0 Å². The summed E-state index contributed by atoms with van der Waals surface area (Å²) in [5, 5.41) is 2.69. The van der Waals surface area contributed by atoms with Crippen molar-refractivity contribution >= 4 is 47.8 Å². The van der Waals surface area contributed by atoms with Crippen LogP contribution in [0.4, 0.5) is 0 Å². The van der Waals surface area contributed by atoms with Gasteiger partial charge in [-0.05, 0) is 40.5 Å². The zero-order valence-corrected chi connectivity index (χ0v) is 14.9. The Bertz CT molecular complexity index is 576. The number of benzene rings is 1. The SMILES string of the molecule is CCCNC(=O)CCNS(=O)(=O)c1ccc(Br)cc1Br. The molecule has 1 amide bonds. The third-order valence-electron chi connectivity index (χ3n) is 2.40. The van der Waals surface area contributed by atoms with E-state index in [1.807, 2.05) is 6.92 Å². The van der Waals surface area contributed by atoms with Gasteiger partial charge in [-0.15, -0.1) is 0 Å². The number of carbonyl (C=O) groups excluding carboxylic acids is 1. The molecule has 8 heteroatoms. The predicted molar refractivity (Wildman–Crippen MR) is 84.9 cm³/mol. The van der Waals surface area contributed by atoms with Gasteiger partial charge in [-0.25, -0.2) is 13.1 Å². The Balaban J connectivity index is 2.60. The Morgan fingerprint density at radius 1 is 1.25 bits per heavy atom. The quantitative estimate of drug-likeness (QED) is 0.701. The normalized spacial score (nSPS) is 11.3. The monoisotopic (exact) mass is 426 g/mol. The standard InChI is InChI=1S/C12H16Br2N2O3S/c1-2-6-15-12(17)5-7-16-20(18,19)11-4-3-9(13)8-10(11)14/h3-4,8,16H,2,5-7H2,1H3,(H,15,17). The fourth-order valence-electron chi connectivity index (χ4n) is 1.42. The summed E-state index contributed by atoms with van der Waals surface area (Å²) in [5.74, 6) is -0.163. The Labute approximate surface area is 135 Å². The molecule has 0 fully saturated rings. The van der Waals surface area contributed by atoms with Crippen molar-refractivity contribution in [1.29, 1.82) is 0 Å². The Morgan fingerprint density at radius 3 is 2.55 bits per heavy atom. The van der Waals surface area contributed by atoms with Crippen LogP contribution in [0.3, 0.4) is 0 Å². The minimum absolute atomic E-state index is 0.0698. The molecule has 0 bridgehead atoms.